The Kier molecular flexibility index (Phi) is 11.1. The van der Waals surface area contributed by atoms with Gasteiger partial charge >= 0.3 is 5.97 Å². The number of aromatic nitrogens is 2. The van der Waals surface area contributed by atoms with E-state index < -0.39 is 59.7 Å². The largest absolute Gasteiger partial charge is 0.480 e. The number of carboxylic acid groups (broad SMARTS) is 1. The molecule has 0 aliphatic carbocycles. The Morgan fingerprint density at radius 1 is 0.941 bits per heavy atom. The second-order valence-corrected chi connectivity index (χ2v) is 7.59. The number of carboxylic acids is 1. The van der Waals surface area contributed by atoms with Gasteiger partial charge in [0.05, 0.1) is 12.4 Å². The van der Waals surface area contributed by atoms with E-state index in [9.17, 15) is 33.9 Å². The van der Waals surface area contributed by atoms with Crippen LogP contribution >= 0.6 is 0 Å². The third-order valence-electron chi connectivity index (χ3n) is 4.70. The molecule has 1 aromatic rings. The number of aliphatic carboxylic acids is 1. The van der Waals surface area contributed by atoms with Gasteiger partial charge in [-0.05, 0) is 19.8 Å². The van der Waals surface area contributed by atoms with Gasteiger partial charge in [-0.2, -0.15) is 0 Å². The van der Waals surface area contributed by atoms with Crippen molar-refractivity contribution in [2.75, 3.05) is 0 Å². The highest BCUT2D eigenvalue weighted by Crippen LogP contribution is 2.03. The van der Waals surface area contributed by atoms with E-state index in [0.717, 1.165) is 0 Å². The Hall–Kier alpha value is -4.01. The fraction of sp³-hybridized carbons (Fsp3) is 0.526. The lowest BCUT2D eigenvalue weighted by atomic mass is 10.1. The van der Waals surface area contributed by atoms with E-state index in [2.05, 4.69) is 25.9 Å². The van der Waals surface area contributed by atoms with Crippen LogP contribution in [0, 0.1) is 0 Å². The summed E-state index contributed by atoms with van der Waals surface area (Å²) in [6.45, 7) is 1.31. The number of nitrogens with two attached hydrogens (primary N) is 3. The number of primary amides is 2. The summed E-state index contributed by atoms with van der Waals surface area (Å²) in [6, 6.07) is -4.89. The fourth-order valence-electron chi connectivity index (χ4n) is 2.76. The Balaban J connectivity index is 2.77. The summed E-state index contributed by atoms with van der Waals surface area (Å²) in [5.74, 6) is -5.05. The van der Waals surface area contributed by atoms with Crippen LogP contribution in [0.2, 0.25) is 0 Å². The van der Waals surface area contributed by atoms with Gasteiger partial charge in [0.1, 0.15) is 18.1 Å². The van der Waals surface area contributed by atoms with Gasteiger partial charge in [0.2, 0.25) is 29.5 Å². The SMILES string of the molecule is CC(NC(=O)C(CCC(N)=O)NC(=O)C(N)CCC(N)=O)C(=O)NC(Cc1cnc[nH]1)C(=O)O. The molecule has 1 aromatic heterocycles. The zero-order valence-corrected chi connectivity index (χ0v) is 18.6. The molecule has 34 heavy (non-hydrogen) atoms. The van der Waals surface area contributed by atoms with Crippen LogP contribution in [0.25, 0.3) is 0 Å². The number of aromatic amines is 1. The van der Waals surface area contributed by atoms with Crippen molar-refractivity contribution in [2.45, 2.75) is 63.2 Å². The van der Waals surface area contributed by atoms with Gasteiger partial charge in [-0.1, -0.05) is 0 Å². The zero-order chi connectivity index (χ0) is 25.8. The summed E-state index contributed by atoms with van der Waals surface area (Å²) < 4.78 is 0. The molecule has 1 heterocycles. The maximum atomic E-state index is 12.7. The van der Waals surface area contributed by atoms with Gasteiger partial charge in [0.25, 0.3) is 0 Å². The summed E-state index contributed by atoms with van der Waals surface area (Å²) in [6.07, 6.45) is 2.07. The third kappa shape index (κ3) is 10.1. The summed E-state index contributed by atoms with van der Waals surface area (Å²) >= 11 is 0. The number of hydrogen-bond donors (Lipinski definition) is 8. The number of nitrogens with one attached hydrogen (secondary N) is 4. The van der Waals surface area contributed by atoms with Gasteiger partial charge < -0.3 is 43.2 Å². The van der Waals surface area contributed by atoms with E-state index in [1.54, 1.807) is 0 Å². The van der Waals surface area contributed by atoms with Crippen molar-refractivity contribution in [3.63, 3.8) is 0 Å². The van der Waals surface area contributed by atoms with Crippen molar-refractivity contribution in [3.05, 3.63) is 18.2 Å². The van der Waals surface area contributed by atoms with Crippen molar-refractivity contribution in [1.29, 1.82) is 0 Å². The highest BCUT2D eigenvalue weighted by Gasteiger charge is 2.29. The van der Waals surface area contributed by atoms with Gasteiger partial charge in [-0.15, -0.1) is 0 Å². The Bertz CT molecular complexity index is 889. The molecule has 0 aliphatic rings. The molecule has 11 N–H and O–H groups in total. The van der Waals surface area contributed by atoms with E-state index >= 15 is 0 Å². The zero-order valence-electron chi connectivity index (χ0n) is 18.6. The Morgan fingerprint density at radius 2 is 1.53 bits per heavy atom. The van der Waals surface area contributed by atoms with E-state index in [1.165, 1.54) is 19.4 Å². The van der Waals surface area contributed by atoms with Gasteiger partial charge in [0, 0.05) is 31.2 Å². The maximum Gasteiger partial charge on any atom is 0.326 e. The molecule has 0 saturated carbocycles. The van der Waals surface area contributed by atoms with Crippen LogP contribution in [0.3, 0.4) is 0 Å². The first-order valence-electron chi connectivity index (χ1n) is 10.3. The smallest absolute Gasteiger partial charge is 0.326 e. The van der Waals surface area contributed by atoms with Crippen LogP contribution in [0.15, 0.2) is 12.5 Å². The first-order chi connectivity index (χ1) is 15.9. The highest BCUT2D eigenvalue weighted by atomic mass is 16.4. The lowest BCUT2D eigenvalue weighted by molar-refractivity contribution is -0.142. The topological polar surface area (TPSA) is 265 Å². The number of hydrogen-bond acceptors (Lipinski definition) is 8. The van der Waals surface area contributed by atoms with Gasteiger partial charge in [-0.25, -0.2) is 9.78 Å². The Morgan fingerprint density at radius 3 is 2.06 bits per heavy atom. The van der Waals surface area contributed by atoms with Crippen molar-refractivity contribution < 1.29 is 33.9 Å². The summed E-state index contributed by atoms with van der Waals surface area (Å²) in [5.41, 5.74) is 16.3. The van der Waals surface area contributed by atoms with E-state index in [4.69, 9.17) is 17.2 Å². The molecule has 4 atom stereocenters. The highest BCUT2D eigenvalue weighted by molar-refractivity contribution is 5.94. The van der Waals surface area contributed by atoms with Crippen LogP contribution in [-0.4, -0.2) is 74.7 Å². The molecule has 0 fully saturated rings. The second kappa shape index (κ2) is 13.5. The molecule has 15 nitrogen and oxygen atoms in total. The number of nitrogens with zero attached hydrogens (tertiary/aromatic N) is 1. The molecule has 0 bridgehead atoms. The molecule has 5 amide bonds. The molecule has 15 heteroatoms. The number of carbonyl (C=O) groups excluding carboxylic acids is 5. The van der Waals surface area contributed by atoms with Crippen LogP contribution in [0.1, 0.15) is 38.3 Å². The summed E-state index contributed by atoms with van der Waals surface area (Å²) in [7, 11) is 0. The van der Waals surface area contributed by atoms with E-state index in [1.807, 2.05) is 0 Å². The number of carbonyl (C=O) groups is 6. The average Bonchev–Trinajstić information content (AvgIpc) is 3.26. The third-order valence-corrected chi connectivity index (χ3v) is 4.70. The number of imidazole rings is 1. The minimum absolute atomic E-state index is 0.0585. The first kappa shape index (κ1) is 28.0. The lowest BCUT2D eigenvalue weighted by Crippen LogP contribution is -2.56. The standard InChI is InChI=1S/C19H30N8O7/c1-9(16(30)27-13(19(33)34)6-10-7-23-8-24-10)25-18(32)12(3-5-15(22)29)26-17(31)11(20)2-4-14(21)28/h7-9,11-13H,2-6,20H2,1H3,(H2,21,28)(H2,22,29)(H,23,24)(H,25,32)(H,26,31)(H,27,30)(H,33,34). The van der Waals surface area contributed by atoms with E-state index in [-0.39, 0.29) is 32.1 Å². The summed E-state index contributed by atoms with van der Waals surface area (Å²) in [4.78, 5) is 77.4. The fourth-order valence-corrected chi connectivity index (χ4v) is 2.76. The number of amides is 5. The van der Waals surface area contributed by atoms with Crippen molar-refractivity contribution >= 4 is 35.5 Å². The van der Waals surface area contributed by atoms with Crippen molar-refractivity contribution in [3.8, 4) is 0 Å². The van der Waals surface area contributed by atoms with Crippen molar-refractivity contribution in [2.24, 2.45) is 17.2 Å². The monoisotopic (exact) mass is 482 g/mol. The lowest BCUT2D eigenvalue weighted by Gasteiger charge is -2.23. The van der Waals surface area contributed by atoms with Crippen LogP contribution in [0.4, 0.5) is 0 Å². The Labute approximate surface area is 194 Å². The van der Waals surface area contributed by atoms with Gasteiger partial charge in [-0.3, -0.25) is 24.0 Å². The molecule has 0 saturated heterocycles. The minimum atomic E-state index is -1.29. The van der Waals surface area contributed by atoms with Crippen LogP contribution in [-0.2, 0) is 35.2 Å². The molecule has 0 aromatic carbocycles. The molecule has 188 valence electrons. The molecule has 0 radical (unpaired) electrons. The molecule has 0 spiro atoms. The minimum Gasteiger partial charge on any atom is -0.480 e. The average molecular weight is 482 g/mol. The quantitative estimate of drug-likeness (QED) is 0.122. The normalized spacial score (nSPS) is 14.2. The molecule has 4 unspecified atom stereocenters. The molecule has 0 aliphatic heterocycles. The predicted molar refractivity (Wildman–Crippen MR) is 116 cm³/mol. The second-order valence-electron chi connectivity index (χ2n) is 7.59. The first-order valence-corrected chi connectivity index (χ1v) is 10.3. The number of rotatable bonds is 15. The summed E-state index contributed by atoms with van der Waals surface area (Å²) in [5, 5.41) is 16.4. The predicted octanol–water partition coefficient (Wildman–Crippen LogP) is -3.63. The molecule has 1 rings (SSSR count). The number of H-pyrrole nitrogens is 1. The van der Waals surface area contributed by atoms with Crippen LogP contribution in [0.5, 0.6) is 0 Å². The van der Waals surface area contributed by atoms with Gasteiger partial charge in [0.15, 0.2) is 0 Å². The van der Waals surface area contributed by atoms with Crippen molar-refractivity contribution in [1.82, 2.24) is 25.9 Å². The molecular weight excluding hydrogens is 452 g/mol. The maximum absolute atomic E-state index is 12.7. The molecular formula is C19H30N8O7. The van der Waals surface area contributed by atoms with Crippen LogP contribution < -0.4 is 33.2 Å². The van der Waals surface area contributed by atoms with E-state index in [0.29, 0.717) is 5.69 Å².